The van der Waals surface area contributed by atoms with E-state index in [1.807, 2.05) is 0 Å². The lowest BCUT2D eigenvalue weighted by Gasteiger charge is -2.22. The van der Waals surface area contributed by atoms with Gasteiger partial charge >= 0.3 is 0 Å². The molecule has 0 spiro atoms. The van der Waals surface area contributed by atoms with Gasteiger partial charge in [0.05, 0.1) is 0 Å². The predicted octanol–water partition coefficient (Wildman–Crippen LogP) is 4.29. The summed E-state index contributed by atoms with van der Waals surface area (Å²) in [7, 11) is 0. The molecule has 4 heteroatoms. The molecule has 0 heterocycles. The van der Waals surface area contributed by atoms with E-state index in [0.717, 1.165) is 25.7 Å². The van der Waals surface area contributed by atoms with E-state index in [1.165, 1.54) is 32.1 Å². The summed E-state index contributed by atoms with van der Waals surface area (Å²) >= 11 is 12.7. The van der Waals surface area contributed by atoms with Crippen molar-refractivity contribution >= 4 is 29.1 Å². The number of hydrogen-bond donors (Lipinski definition) is 1. The van der Waals surface area contributed by atoms with Crippen LogP contribution in [-0.4, -0.2) is 16.3 Å². The number of alkyl halides is 2. The Hall–Kier alpha value is 0.0500. The molecule has 0 bridgehead atoms. The molecule has 4 rings (SSSR count). The van der Waals surface area contributed by atoms with Crippen molar-refractivity contribution < 1.29 is 4.79 Å². The maximum absolute atomic E-state index is 12.5. The summed E-state index contributed by atoms with van der Waals surface area (Å²) in [5, 5.41) is 3.33. The standard InChI is InChI=1S/C17H25Cl2NO/c18-17(19)13-8-6-11-12(7-9-14(13)17)15(11)16(21)20-10-4-2-1-3-5-10/h10-15H,1-9H2,(H,20,21). The van der Waals surface area contributed by atoms with Gasteiger partial charge in [-0.2, -0.15) is 0 Å². The Kier molecular flexibility index (Phi) is 3.69. The predicted molar refractivity (Wildman–Crippen MR) is 85.4 cm³/mol. The molecule has 0 saturated heterocycles. The minimum absolute atomic E-state index is 0.296. The van der Waals surface area contributed by atoms with Gasteiger partial charge in [-0.15, -0.1) is 23.2 Å². The van der Waals surface area contributed by atoms with Crippen molar-refractivity contribution in [1.82, 2.24) is 5.32 Å². The van der Waals surface area contributed by atoms with Crippen LogP contribution in [0.25, 0.3) is 0 Å². The van der Waals surface area contributed by atoms with Crippen molar-refractivity contribution in [3.8, 4) is 0 Å². The van der Waals surface area contributed by atoms with E-state index in [1.54, 1.807) is 0 Å². The molecule has 4 fully saturated rings. The molecule has 21 heavy (non-hydrogen) atoms. The summed E-state index contributed by atoms with van der Waals surface area (Å²) < 4.78 is -0.448. The van der Waals surface area contributed by atoms with Gasteiger partial charge in [0, 0.05) is 12.0 Å². The molecular weight excluding hydrogens is 305 g/mol. The summed E-state index contributed by atoms with van der Waals surface area (Å²) in [5.74, 6) is 2.84. The normalized spacial score (nSPS) is 44.8. The van der Waals surface area contributed by atoms with E-state index >= 15 is 0 Å². The fourth-order valence-electron chi connectivity index (χ4n) is 5.16. The molecule has 4 saturated carbocycles. The van der Waals surface area contributed by atoms with Crippen molar-refractivity contribution in [3.63, 3.8) is 0 Å². The zero-order valence-electron chi connectivity index (χ0n) is 12.5. The van der Waals surface area contributed by atoms with Crippen LogP contribution >= 0.6 is 23.2 Å². The fourth-order valence-corrected chi connectivity index (χ4v) is 6.08. The highest BCUT2D eigenvalue weighted by Crippen LogP contribution is 2.67. The first-order valence-electron chi connectivity index (χ1n) is 8.77. The molecule has 0 radical (unpaired) electrons. The van der Waals surface area contributed by atoms with Gasteiger partial charge < -0.3 is 5.32 Å². The lowest BCUT2D eigenvalue weighted by atomic mass is 9.95. The zero-order valence-corrected chi connectivity index (χ0v) is 14.0. The van der Waals surface area contributed by atoms with Crippen LogP contribution in [0.2, 0.25) is 0 Å². The van der Waals surface area contributed by atoms with Crippen molar-refractivity contribution in [2.45, 2.75) is 68.2 Å². The molecule has 2 nitrogen and oxygen atoms in total. The maximum Gasteiger partial charge on any atom is 0.223 e. The van der Waals surface area contributed by atoms with Crippen LogP contribution in [0.3, 0.4) is 0 Å². The second-order valence-corrected chi connectivity index (χ2v) is 9.18. The first-order chi connectivity index (χ1) is 10.1. The summed E-state index contributed by atoms with van der Waals surface area (Å²) in [5.41, 5.74) is 0. The molecule has 1 amide bonds. The number of carbonyl (C=O) groups is 1. The van der Waals surface area contributed by atoms with Gasteiger partial charge in [0.15, 0.2) is 0 Å². The third kappa shape index (κ3) is 2.61. The monoisotopic (exact) mass is 329 g/mol. The van der Waals surface area contributed by atoms with Crippen molar-refractivity contribution in [2.75, 3.05) is 0 Å². The number of fused-ring (bicyclic) bond motifs is 2. The highest BCUT2D eigenvalue weighted by atomic mass is 35.5. The van der Waals surface area contributed by atoms with Crippen LogP contribution in [0.5, 0.6) is 0 Å². The molecule has 0 aromatic heterocycles. The third-order valence-corrected chi connectivity index (χ3v) is 7.69. The van der Waals surface area contributed by atoms with Gasteiger partial charge in [-0.1, -0.05) is 19.3 Å². The summed E-state index contributed by atoms with van der Waals surface area (Å²) in [4.78, 5) is 12.5. The van der Waals surface area contributed by atoms with E-state index in [4.69, 9.17) is 23.2 Å². The summed E-state index contributed by atoms with van der Waals surface area (Å²) in [6.45, 7) is 0. The van der Waals surface area contributed by atoms with Crippen molar-refractivity contribution in [3.05, 3.63) is 0 Å². The first-order valence-corrected chi connectivity index (χ1v) is 9.53. The second kappa shape index (κ2) is 5.30. The molecule has 4 aliphatic carbocycles. The number of hydrogen-bond acceptors (Lipinski definition) is 1. The second-order valence-electron chi connectivity index (χ2n) is 7.74. The maximum atomic E-state index is 12.5. The van der Waals surface area contributed by atoms with Gasteiger partial charge in [-0.3, -0.25) is 4.79 Å². The first kappa shape index (κ1) is 14.6. The molecule has 0 aromatic rings. The van der Waals surface area contributed by atoms with Crippen molar-refractivity contribution in [1.29, 1.82) is 0 Å². The number of amides is 1. The van der Waals surface area contributed by atoms with Gasteiger partial charge in [-0.05, 0) is 62.2 Å². The Morgan fingerprint density at radius 1 is 0.857 bits per heavy atom. The van der Waals surface area contributed by atoms with Gasteiger partial charge in [0.2, 0.25) is 5.91 Å². The number of nitrogens with one attached hydrogen (secondary N) is 1. The third-order valence-electron chi connectivity index (χ3n) is 6.57. The minimum Gasteiger partial charge on any atom is -0.353 e. The van der Waals surface area contributed by atoms with Crippen LogP contribution in [0.4, 0.5) is 0 Å². The molecule has 4 aliphatic rings. The van der Waals surface area contributed by atoms with Crippen LogP contribution < -0.4 is 5.32 Å². The fraction of sp³-hybridized carbons (Fsp3) is 0.941. The Morgan fingerprint density at radius 2 is 1.43 bits per heavy atom. The zero-order chi connectivity index (χ0) is 14.6. The quantitative estimate of drug-likeness (QED) is 0.752. The summed E-state index contributed by atoms with van der Waals surface area (Å²) in [6, 6.07) is 0.449. The van der Waals surface area contributed by atoms with E-state index < -0.39 is 4.33 Å². The smallest absolute Gasteiger partial charge is 0.223 e. The summed E-state index contributed by atoms with van der Waals surface area (Å²) in [6.07, 6.45) is 10.8. The van der Waals surface area contributed by atoms with Crippen molar-refractivity contribution in [2.24, 2.45) is 29.6 Å². The molecular formula is C17H25Cl2NO. The number of rotatable bonds is 2. The Morgan fingerprint density at radius 3 is 2.00 bits per heavy atom. The van der Waals surface area contributed by atoms with Crippen LogP contribution in [0, 0.1) is 29.6 Å². The Labute approximate surface area is 137 Å². The topological polar surface area (TPSA) is 29.1 Å². The number of carbonyl (C=O) groups excluding carboxylic acids is 1. The van der Waals surface area contributed by atoms with Crippen LogP contribution in [0.1, 0.15) is 57.8 Å². The number of halogens is 2. The lowest BCUT2D eigenvalue weighted by Crippen LogP contribution is -2.37. The minimum atomic E-state index is -0.448. The average Bonchev–Trinajstić information content (AvgIpc) is 3.24. The van der Waals surface area contributed by atoms with E-state index in [-0.39, 0.29) is 0 Å². The van der Waals surface area contributed by atoms with E-state index in [9.17, 15) is 4.79 Å². The van der Waals surface area contributed by atoms with Gasteiger partial charge in [-0.25, -0.2) is 0 Å². The lowest BCUT2D eigenvalue weighted by molar-refractivity contribution is -0.123. The van der Waals surface area contributed by atoms with Crippen LogP contribution in [-0.2, 0) is 4.79 Å². The highest BCUT2D eigenvalue weighted by Gasteiger charge is 2.65. The van der Waals surface area contributed by atoms with Gasteiger partial charge in [0.25, 0.3) is 0 Å². The Balaban J connectivity index is 1.31. The Bertz CT molecular complexity index is 411. The molecule has 0 aliphatic heterocycles. The SMILES string of the molecule is O=C(NC1CCCCC1)C1C2CCC3C(CCC21)C3(Cl)Cl. The van der Waals surface area contributed by atoms with E-state index in [0.29, 0.717) is 41.5 Å². The highest BCUT2D eigenvalue weighted by molar-refractivity contribution is 6.51. The molecule has 118 valence electrons. The molecule has 0 aromatic carbocycles. The van der Waals surface area contributed by atoms with E-state index in [2.05, 4.69) is 5.32 Å². The average molecular weight is 330 g/mol. The molecule has 1 N–H and O–H groups in total. The molecule has 4 unspecified atom stereocenters. The molecule has 4 atom stereocenters. The van der Waals surface area contributed by atoms with Crippen LogP contribution in [0.15, 0.2) is 0 Å². The largest absolute Gasteiger partial charge is 0.353 e. The van der Waals surface area contributed by atoms with Gasteiger partial charge in [0.1, 0.15) is 4.33 Å².